The Kier molecular flexibility index (Phi) is 4.44. The third kappa shape index (κ3) is 2.33. The van der Waals surface area contributed by atoms with E-state index in [9.17, 15) is 15.3 Å². The lowest BCUT2D eigenvalue weighted by Gasteiger charge is -2.60. The number of rotatable bonds is 3. The topological polar surface area (TPSA) is 69.9 Å². The van der Waals surface area contributed by atoms with Gasteiger partial charge in [0.15, 0.2) is 0 Å². The first-order valence-electron chi connectivity index (χ1n) is 9.49. The number of hydrogen-bond donors (Lipinski definition) is 3. The third-order valence-electron chi connectivity index (χ3n) is 7.53. The highest BCUT2D eigenvalue weighted by atomic mass is 16.5. The van der Waals surface area contributed by atoms with Crippen LogP contribution in [-0.4, -0.2) is 45.8 Å². The molecule has 0 aromatic carbocycles. The maximum atomic E-state index is 10.8. The van der Waals surface area contributed by atoms with E-state index in [0.29, 0.717) is 6.42 Å². The number of aliphatic hydroxyl groups excluding tert-OH is 3. The molecular formula is C20H34O4. The van der Waals surface area contributed by atoms with E-state index in [0.717, 1.165) is 32.1 Å². The van der Waals surface area contributed by atoms with Gasteiger partial charge in [-0.15, -0.1) is 0 Å². The van der Waals surface area contributed by atoms with E-state index >= 15 is 0 Å². The van der Waals surface area contributed by atoms with Crippen LogP contribution in [0.15, 0.2) is 11.6 Å². The van der Waals surface area contributed by atoms with Gasteiger partial charge in [-0.1, -0.05) is 45.8 Å². The lowest BCUT2D eigenvalue weighted by Crippen LogP contribution is -2.62. The van der Waals surface area contributed by atoms with Crippen LogP contribution in [0.4, 0.5) is 0 Å². The Morgan fingerprint density at radius 3 is 2.46 bits per heavy atom. The zero-order chi connectivity index (χ0) is 17.8. The Bertz CT molecular complexity index is 528. The van der Waals surface area contributed by atoms with Crippen molar-refractivity contribution in [3.63, 3.8) is 0 Å². The van der Waals surface area contributed by atoms with Crippen LogP contribution in [0, 0.1) is 16.7 Å². The number of hydrogen-bond acceptors (Lipinski definition) is 4. The van der Waals surface area contributed by atoms with Crippen molar-refractivity contribution in [2.24, 2.45) is 16.7 Å². The van der Waals surface area contributed by atoms with Gasteiger partial charge in [0.25, 0.3) is 0 Å². The van der Waals surface area contributed by atoms with Gasteiger partial charge in [-0.2, -0.15) is 0 Å². The Balaban J connectivity index is 2.09. The molecule has 1 saturated carbocycles. The van der Waals surface area contributed by atoms with E-state index < -0.39 is 17.3 Å². The molecule has 1 saturated heterocycles. The fraction of sp³-hybridized carbons (Fsp3) is 0.900. The third-order valence-corrected chi connectivity index (χ3v) is 7.53. The molecule has 24 heavy (non-hydrogen) atoms. The predicted octanol–water partition coefficient (Wildman–Crippen LogP) is 2.80. The molecule has 3 rings (SSSR count). The second-order valence-electron chi connectivity index (χ2n) is 9.24. The van der Waals surface area contributed by atoms with Gasteiger partial charge in [0.05, 0.1) is 23.9 Å². The SMILES string of the molecule is C[C@@H]1[C@@H](O)C=C2C(C)(C)CCC[C@]2(C)[C@@]12CC[C@@](CO)(CCO)O2. The van der Waals surface area contributed by atoms with E-state index in [1.54, 1.807) is 0 Å². The van der Waals surface area contributed by atoms with Crippen molar-refractivity contribution in [2.75, 3.05) is 13.2 Å². The molecule has 0 amide bonds. The maximum absolute atomic E-state index is 10.8. The summed E-state index contributed by atoms with van der Waals surface area (Å²) in [5.74, 6) is -0.0210. The average molecular weight is 338 g/mol. The van der Waals surface area contributed by atoms with Crippen LogP contribution in [0.2, 0.25) is 0 Å². The monoisotopic (exact) mass is 338 g/mol. The van der Waals surface area contributed by atoms with Crippen molar-refractivity contribution < 1.29 is 20.1 Å². The summed E-state index contributed by atoms with van der Waals surface area (Å²) in [6.07, 6.45) is 6.93. The molecule has 3 aliphatic rings. The molecule has 2 aliphatic carbocycles. The fourth-order valence-electron chi connectivity index (χ4n) is 6.02. The van der Waals surface area contributed by atoms with Gasteiger partial charge in [0.1, 0.15) is 0 Å². The van der Waals surface area contributed by atoms with Crippen molar-refractivity contribution >= 4 is 0 Å². The average Bonchev–Trinajstić information content (AvgIpc) is 2.91. The zero-order valence-corrected chi connectivity index (χ0v) is 15.6. The standard InChI is InChI=1S/C20H34O4/c1-14-15(23)12-16-17(2,3)6-5-7-18(16,4)20(14)9-8-19(13-22,24-20)10-11-21/h12,14-15,21-23H,5-11,13H2,1-4H3/t14-,15+,18+,19+,20-/m1/s1. The summed E-state index contributed by atoms with van der Waals surface area (Å²) < 4.78 is 6.70. The molecule has 3 N–H and O–H groups in total. The van der Waals surface area contributed by atoms with Crippen molar-refractivity contribution in [3.8, 4) is 0 Å². The quantitative estimate of drug-likeness (QED) is 0.692. The van der Waals surface area contributed by atoms with Gasteiger partial charge in [-0.3, -0.25) is 0 Å². The minimum atomic E-state index is -0.671. The molecule has 4 nitrogen and oxygen atoms in total. The number of ether oxygens (including phenoxy) is 1. The number of fused-ring (bicyclic) bond motifs is 2. The van der Waals surface area contributed by atoms with Crippen molar-refractivity contribution in [1.82, 2.24) is 0 Å². The Labute approximate surface area is 145 Å². The molecule has 5 atom stereocenters. The highest BCUT2D eigenvalue weighted by Gasteiger charge is 2.66. The van der Waals surface area contributed by atoms with Crippen molar-refractivity contribution in [3.05, 3.63) is 11.6 Å². The first-order chi connectivity index (χ1) is 11.2. The van der Waals surface area contributed by atoms with Gasteiger partial charge in [-0.25, -0.2) is 0 Å². The summed E-state index contributed by atoms with van der Waals surface area (Å²) in [6.45, 7) is 8.87. The van der Waals surface area contributed by atoms with E-state index in [2.05, 4.69) is 33.8 Å². The molecule has 4 heteroatoms. The molecule has 138 valence electrons. The Hall–Kier alpha value is -0.420. The van der Waals surface area contributed by atoms with Crippen LogP contribution in [-0.2, 0) is 4.74 Å². The van der Waals surface area contributed by atoms with Gasteiger partial charge in [0.2, 0.25) is 0 Å². The van der Waals surface area contributed by atoms with Gasteiger partial charge in [-0.05, 0) is 31.1 Å². The van der Waals surface area contributed by atoms with E-state index in [1.165, 1.54) is 5.57 Å². The first kappa shape index (κ1) is 18.4. The summed E-state index contributed by atoms with van der Waals surface area (Å²) in [6, 6.07) is 0. The predicted molar refractivity (Wildman–Crippen MR) is 93.6 cm³/mol. The fourth-order valence-corrected chi connectivity index (χ4v) is 6.02. The van der Waals surface area contributed by atoms with E-state index in [1.807, 2.05) is 0 Å². The molecular weight excluding hydrogens is 304 g/mol. The first-order valence-corrected chi connectivity index (χ1v) is 9.49. The van der Waals surface area contributed by atoms with Crippen LogP contribution in [0.25, 0.3) is 0 Å². The molecule has 2 fully saturated rings. The van der Waals surface area contributed by atoms with E-state index in [4.69, 9.17) is 4.74 Å². The molecule has 0 radical (unpaired) electrons. The Morgan fingerprint density at radius 2 is 1.83 bits per heavy atom. The van der Waals surface area contributed by atoms with Crippen LogP contribution in [0.3, 0.4) is 0 Å². The van der Waals surface area contributed by atoms with E-state index in [-0.39, 0.29) is 30.0 Å². The normalized spacial score (nSPS) is 47.5. The molecule has 0 unspecified atom stereocenters. The van der Waals surface area contributed by atoms with Gasteiger partial charge >= 0.3 is 0 Å². The summed E-state index contributed by atoms with van der Waals surface area (Å²) in [4.78, 5) is 0. The smallest absolute Gasteiger partial charge is 0.0943 e. The van der Waals surface area contributed by atoms with Crippen LogP contribution in [0.1, 0.15) is 66.2 Å². The highest BCUT2D eigenvalue weighted by molar-refractivity contribution is 5.35. The molecule has 0 aromatic rings. The van der Waals surface area contributed by atoms with Crippen LogP contribution >= 0.6 is 0 Å². The molecule has 1 aliphatic heterocycles. The summed E-state index contributed by atoms with van der Waals surface area (Å²) in [7, 11) is 0. The molecule has 0 aromatic heterocycles. The summed E-state index contributed by atoms with van der Waals surface area (Å²) in [5, 5.41) is 30.2. The van der Waals surface area contributed by atoms with Crippen molar-refractivity contribution in [2.45, 2.75) is 83.5 Å². The summed E-state index contributed by atoms with van der Waals surface area (Å²) >= 11 is 0. The van der Waals surface area contributed by atoms with Gasteiger partial charge in [0, 0.05) is 24.4 Å². The highest BCUT2D eigenvalue weighted by Crippen LogP contribution is 2.65. The lowest BCUT2D eigenvalue weighted by atomic mass is 9.48. The van der Waals surface area contributed by atoms with Crippen molar-refractivity contribution in [1.29, 1.82) is 0 Å². The number of aliphatic hydroxyl groups is 3. The lowest BCUT2D eigenvalue weighted by molar-refractivity contribution is -0.218. The molecule has 1 spiro atoms. The molecule has 1 heterocycles. The molecule has 0 bridgehead atoms. The maximum Gasteiger partial charge on any atom is 0.0943 e. The Morgan fingerprint density at radius 1 is 1.12 bits per heavy atom. The van der Waals surface area contributed by atoms with Crippen LogP contribution in [0.5, 0.6) is 0 Å². The zero-order valence-electron chi connectivity index (χ0n) is 15.6. The summed E-state index contributed by atoms with van der Waals surface area (Å²) in [5.41, 5.74) is 0.123. The minimum Gasteiger partial charge on any atom is -0.396 e. The largest absolute Gasteiger partial charge is 0.396 e. The second-order valence-corrected chi connectivity index (χ2v) is 9.24. The second kappa shape index (κ2) is 5.80. The van der Waals surface area contributed by atoms with Crippen LogP contribution < -0.4 is 0 Å². The van der Waals surface area contributed by atoms with Gasteiger partial charge < -0.3 is 20.1 Å². The minimum absolute atomic E-state index is 0.0124.